The number of anilines is 2. The summed E-state index contributed by atoms with van der Waals surface area (Å²) in [5, 5.41) is 14.0. The van der Waals surface area contributed by atoms with Crippen LogP contribution in [-0.2, 0) is 11.3 Å². The first kappa shape index (κ1) is 22.1. The Labute approximate surface area is 198 Å². The van der Waals surface area contributed by atoms with Gasteiger partial charge in [0, 0.05) is 23.9 Å². The highest BCUT2D eigenvalue weighted by molar-refractivity contribution is 7.18. The fourth-order valence-electron chi connectivity index (χ4n) is 4.88. The zero-order valence-electron chi connectivity index (χ0n) is 19.3. The van der Waals surface area contributed by atoms with Crippen LogP contribution in [0, 0.1) is 19.8 Å². The predicted octanol–water partition coefficient (Wildman–Crippen LogP) is 4.46. The number of amides is 1. The molecule has 2 aliphatic rings. The highest BCUT2D eigenvalue weighted by Crippen LogP contribution is 2.37. The van der Waals surface area contributed by atoms with E-state index in [4.69, 9.17) is 9.97 Å². The summed E-state index contributed by atoms with van der Waals surface area (Å²) in [5.41, 5.74) is 1.73. The molecule has 0 bridgehead atoms. The molecule has 0 unspecified atom stereocenters. The SMILES string of the molecule is Cc1sc2nc(CN3CCCC3)nc(N3CCC(C(=O)Nc4ccccc4O)CC3)c2c1C. The molecule has 3 aromatic rings. The van der Waals surface area contributed by atoms with Crippen molar-refractivity contribution < 1.29 is 9.90 Å². The van der Waals surface area contributed by atoms with Gasteiger partial charge in [-0.25, -0.2) is 9.97 Å². The van der Waals surface area contributed by atoms with Gasteiger partial charge in [0.25, 0.3) is 0 Å². The first-order valence-electron chi connectivity index (χ1n) is 11.8. The van der Waals surface area contributed by atoms with E-state index < -0.39 is 0 Å². The number of aryl methyl sites for hydroxylation is 2. The number of fused-ring (bicyclic) bond motifs is 1. The van der Waals surface area contributed by atoms with Crippen molar-refractivity contribution in [2.24, 2.45) is 5.92 Å². The van der Waals surface area contributed by atoms with Gasteiger partial charge in [-0.1, -0.05) is 12.1 Å². The molecule has 1 aromatic carbocycles. The van der Waals surface area contributed by atoms with Gasteiger partial charge in [0.1, 0.15) is 22.2 Å². The van der Waals surface area contributed by atoms with Crippen LogP contribution in [0.1, 0.15) is 41.9 Å². The molecule has 2 fully saturated rings. The normalized spacial score (nSPS) is 17.7. The largest absolute Gasteiger partial charge is 0.506 e. The monoisotopic (exact) mass is 465 g/mol. The lowest BCUT2D eigenvalue weighted by atomic mass is 9.95. The van der Waals surface area contributed by atoms with Crippen molar-refractivity contribution in [3.05, 3.63) is 40.5 Å². The van der Waals surface area contributed by atoms with Gasteiger partial charge in [-0.15, -0.1) is 11.3 Å². The molecule has 8 heteroatoms. The number of likely N-dealkylation sites (tertiary alicyclic amines) is 1. The first-order chi connectivity index (χ1) is 16.0. The van der Waals surface area contributed by atoms with Gasteiger partial charge in [0.2, 0.25) is 5.91 Å². The lowest BCUT2D eigenvalue weighted by Crippen LogP contribution is -2.39. The average Bonchev–Trinajstić information content (AvgIpc) is 3.42. The molecule has 0 aliphatic carbocycles. The molecule has 2 aromatic heterocycles. The number of nitrogens with zero attached hydrogens (tertiary/aromatic N) is 4. The number of aromatic nitrogens is 2. The van der Waals surface area contributed by atoms with Crippen molar-refractivity contribution in [1.82, 2.24) is 14.9 Å². The Bertz CT molecular complexity index is 1160. The van der Waals surface area contributed by atoms with Gasteiger partial charge in [0.15, 0.2) is 0 Å². The Hall–Kier alpha value is -2.71. The number of hydrogen-bond acceptors (Lipinski definition) is 7. The fraction of sp³-hybridized carbons (Fsp3) is 0.480. The number of phenolic OH excluding ortho intramolecular Hbond substituents is 1. The minimum atomic E-state index is -0.0763. The molecule has 2 aliphatic heterocycles. The maximum absolute atomic E-state index is 12.8. The van der Waals surface area contributed by atoms with E-state index in [-0.39, 0.29) is 17.6 Å². The molecule has 0 radical (unpaired) electrons. The number of thiophene rings is 1. The number of para-hydroxylation sites is 2. The Morgan fingerprint density at radius 3 is 2.58 bits per heavy atom. The topological polar surface area (TPSA) is 81.6 Å². The summed E-state index contributed by atoms with van der Waals surface area (Å²) in [6.07, 6.45) is 4.02. The van der Waals surface area contributed by atoms with E-state index in [9.17, 15) is 9.90 Å². The Balaban J connectivity index is 1.34. The predicted molar refractivity (Wildman–Crippen MR) is 133 cm³/mol. The van der Waals surface area contributed by atoms with Crippen molar-refractivity contribution in [2.45, 2.75) is 46.1 Å². The van der Waals surface area contributed by atoms with Gasteiger partial charge < -0.3 is 15.3 Å². The zero-order valence-corrected chi connectivity index (χ0v) is 20.1. The van der Waals surface area contributed by atoms with E-state index in [1.807, 2.05) is 6.07 Å². The van der Waals surface area contributed by atoms with Gasteiger partial charge in [0.05, 0.1) is 17.6 Å². The molecule has 174 valence electrons. The maximum Gasteiger partial charge on any atom is 0.227 e. The van der Waals surface area contributed by atoms with Crippen LogP contribution in [0.4, 0.5) is 11.5 Å². The molecule has 5 rings (SSSR count). The molecule has 0 atom stereocenters. The minimum absolute atomic E-state index is 0.0266. The second-order valence-electron chi connectivity index (χ2n) is 9.18. The van der Waals surface area contributed by atoms with Crippen LogP contribution in [-0.4, -0.2) is 52.1 Å². The van der Waals surface area contributed by atoms with Crippen LogP contribution in [0.3, 0.4) is 0 Å². The quantitative estimate of drug-likeness (QED) is 0.541. The second-order valence-corrected chi connectivity index (χ2v) is 10.4. The summed E-state index contributed by atoms with van der Waals surface area (Å²) in [7, 11) is 0. The van der Waals surface area contributed by atoms with Crippen LogP contribution in [0.15, 0.2) is 24.3 Å². The number of phenols is 1. The van der Waals surface area contributed by atoms with Crippen LogP contribution in [0.2, 0.25) is 0 Å². The Morgan fingerprint density at radius 1 is 1.12 bits per heavy atom. The van der Waals surface area contributed by atoms with E-state index in [2.05, 4.69) is 29.0 Å². The van der Waals surface area contributed by atoms with Crippen LogP contribution in [0.25, 0.3) is 10.2 Å². The third-order valence-corrected chi connectivity index (χ3v) is 8.05. The smallest absolute Gasteiger partial charge is 0.227 e. The molecular weight excluding hydrogens is 434 g/mol. The van der Waals surface area contributed by atoms with Crippen molar-refractivity contribution in [3.8, 4) is 5.75 Å². The summed E-state index contributed by atoms with van der Waals surface area (Å²) < 4.78 is 0. The van der Waals surface area contributed by atoms with Crippen LogP contribution in [0.5, 0.6) is 5.75 Å². The highest BCUT2D eigenvalue weighted by atomic mass is 32.1. The Morgan fingerprint density at radius 2 is 1.85 bits per heavy atom. The van der Waals surface area contributed by atoms with Gasteiger partial charge in [-0.2, -0.15) is 0 Å². The molecule has 4 heterocycles. The number of benzene rings is 1. The number of hydrogen-bond donors (Lipinski definition) is 2. The lowest BCUT2D eigenvalue weighted by molar-refractivity contribution is -0.120. The van der Waals surface area contributed by atoms with E-state index in [1.165, 1.54) is 28.7 Å². The van der Waals surface area contributed by atoms with Crippen molar-refractivity contribution in [3.63, 3.8) is 0 Å². The number of rotatable bonds is 5. The van der Waals surface area contributed by atoms with Gasteiger partial charge >= 0.3 is 0 Å². The van der Waals surface area contributed by atoms with Crippen molar-refractivity contribution in [1.29, 1.82) is 0 Å². The van der Waals surface area contributed by atoms with Crippen molar-refractivity contribution in [2.75, 3.05) is 36.4 Å². The molecule has 33 heavy (non-hydrogen) atoms. The third-order valence-electron chi connectivity index (χ3n) is 6.95. The fourth-order valence-corrected chi connectivity index (χ4v) is 5.92. The number of aromatic hydroxyl groups is 1. The molecular formula is C25H31N5O2S. The molecule has 2 saturated heterocycles. The number of carbonyl (C=O) groups is 1. The van der Waals surface area contributed by atoms with E-state index >= 15 is 0 Å². The third kappa shape index (κ3) is 4.54. The van der Waals surface area contributed by atoms with E-state index in [1.54, 1.807) is 29.5 Å². The van der Waals surface area contributed by atoms with E-state index in [0.717, 1.165) is 62.0 Å². The number of carbonyl (C=O) groups excluding carboxylic acids is 1. The molecule has 7 nitrogen and oxygen atoms in total. The summed E-state index contributed by atoms with van der Waals surface area (Å²) in [4.78, 5) is 29.9. The molecule has 2 N–H and O–H groups in total. The molecule has 0 spiro atoms. The molecule has 1 amide bonds. The summed E-state index contributed by atoms with van der Waals surface area (Å²) >= 11 is 1.75. The highest BCUT2D eigenvalue weighted by Gasteiger charge is 2.28. The molecule has 0 saturated carbocycles. The average molecular weight is 466 g/mol. The second kappa shape index (κ2) is 9.27. The van der Waals surface area contributed by atoms with Crippen LogP contribution >= 0.6 is 11.3 Å². The Kier molecular flexibility index (Phi) is 6.21. The number of piperidine rings is 1. The summed E-state index contributed by atoms with van der Waals surface area (Å²) in [6, 6.07) is 6.87. The lowest BCUT2D eigenvalue weighted by Gasteiger charge is -2.33. The maximum atomic E-state index is 12.8. The van der Waals surface area contributed by atoms with Crippen molar-refractivity contribution >= 4 is 39.0 Å². The van der Waals surface area contributed by atoms with Gasteiger partial charge in [-0.05, 0) is 70.3 Å². The standard InChI is InChI=1S/C25H31N5O2S/c1-16-17(2)33-25-22(16)23(27-21(28-25)15-29-11-5-6-12-29)30-13-9-18(10-14-30)24(32)26-19-7-3-4-8-20(19)31/h3-4,7-8,18,31H,5-6,9-15H2,1-2H3,(H,26,32). The first-order valence-corrected chi connectivity index (χ1v) is 12.6. The zero-order chi connectivity index (χ0) is 22.9. The van der Waals surface area contributed by atoms with E-state index in [0.29, 0.717) is 5.69 Å². The summed E-state index contributed by atoms with van der Waals surface area (Å²) in [6.45, 7) is 8.92. The summed E-state index contributed by atoms with van der Waals surface area (Å²) in [5.74, 6) is 1.92. The van der Waals surface area contributed by atoms with Crippen LogP contribution < -0.4 is 10.2 Å². The number of nitrogens with one attached hydrogen (secondary N) is 1. The minimum Gasteiger partial charge on any atom is -0.506 e. The van der Waals surface area contributed by atoms with Gasteiger partial charge in [-0.3, -0.25) is 9.69 Å².